The van der Waals surface area contributed by atoms with Crippen molar-refractivity contribution < 1.29 is 28.5 Å². The summed E-state index contributed by atoms with van der Waals surface area (Å²) in [6.07, 6.45) is 14.6. The van der Waals surface area contributed by atoms with Crippen molar-refractivity contribution in [3.63, 3.8) is 0 Å². The molecule has 0 spiro atoms. The van der Waals surface area contributed by atoms with Gasteiger partial charge in [0, 0.05) is 5.56 Å². The molecular formula is C20H32IN. The highest BCUT2D eigenvalue weighted by molar-refractivity contribution is 5.13. The average Bonchev–Trinajstić information content (AvgIpc) is 2.57. The molecule has 124 valence electrons. The Labute approximate surface area is 154 Å². The first-order valence-electron chi connectivity index (χ1n) is 9.18. The summed E-state index contributed by atoms with van der Waals surface area (Å²) in [5.41, 5.74) is 1.54. The summed E-state index contributed by atoms with van der Waals surface area (Å²) < 4.78 is 1.32. The quantitative estimate of drug-likeness (QED) is 0.525. The van der Waals surface area contributed by atoms with Crippen molar-refractivity contribution in [2.24, 2.45) is 0 Å². The van der Waals surface area contributed by atoms with E-state index in [1.807, 2.05) is 0 Å². The summed E-state index contributed by atoms with van der Waals surface area (Å²) in [7, 11) is 2.58. The molecule has 2 aliphatic rings. The maximum atomic E-state index is 2.58. The van der Waals surface area contributed by atoms with Gasteiger partial charge in [0.2, 0.25) is 0 Å². The Hall–Kier alpha value is -0.0900. The van der Waals surface area contributed by atoms with E-state index in [0.717, 1.165) is 12.1 Å². The topological polar surface area (TPSA) is 0 Å². The first-order valence-corrected chi connectivity index (χ1v) is 9.18. The Bertz CT molecular complexity index is 401. The molecule has 1 aromatic carbocycles. The molecule has 0 N–H and O–H groups in total. The molecule has 2 heteroatoms. The van der Waals surface area contributed by atoms with Gasteiger partial charge in [0.05, 0.1) is 19.1 Å². The summed E-state index contributed by atoms with van der Waals surface area (Å²) in [5.74, 6) is 0. The van der Waals surface area contributed by atoms with Crippen LogP contribution in [0.5, 0.6) is 0 Å². The van der Waals surface area contributed by atoms with E-state index in [1.165, 1.54) is 80.8 Å². The van der Waals surface area contributed by atoms with Crippen molar-refractivity contribution in [2.45, 2.75) is 82.8 Å². The van der Waals surface area contributed by atoms with Crippen molar-refractivity contribution in [2.75, 3.05) is 7.05 Å². The molecule has 22 heavy (non-hydrogen) atoms. The van der Waals surface area contributed by atoms with Gasteiger partial charge in [-0.1, -0.05) is 43.2 Å². The number of rotatable bonds is 4. The highest BCUT2D eigenvalue weighted by Gasteiger charge is 2.40. The molecule has 0 radical (unpaired) electrons. The minimum Gasteiger partial charge on any atom is -1.00 e. The molecule has 3 rings (SSSR count). The van der Waals surface area contributed by atoms with Crippen molar-refractivity contribution in [3.8, 4) is 0 Å². The molecule has 0 bridgehead atoms. The molecule has 0 amide bonds. The Morgan fingerprint density at radius 2 is 1.23 bits per heavy atom. The van der Waals surface area contributed by atoms with Crippen LogP contribution in [-0.2, 0) is 6.54 Å². The molecule has 0 aromatic heterocycles. The summed E-state index contributed by atoms with van der Waals surface area (Å²) in [6, 6.07) is 13.0. The van der Waals surface area contributed by atoms with Crippen LogP contribution >= 0.6 is 0 Å². The van der Waals surface area contributed by atoms with E-state index in [-0.39, 0.29) is 24.0 Å². The minimum atomic E-state index is 0. The van der Waals surface area contributed by atoms with Crippen LogP contribution < -0.4 is 24.0 Å². The van der Waals surface area contributed by atoms with Gasteiger partial charge in [-0.3, -0.25) is 0 Å². The lowest BCUT2D eigenvalue weighted by atomic mass is 9.86. The van der Waals surface area contributed by atoms with Crippen LogP contribution in [0.15, 0.2) is 30.3 Å². The fourth-order valence-electron chi connectivity index (χ4n) is 4.87. The molecule has 0 saturated heterocycles. The van der Waals surface area contributed by atoms with Crippen LogP contribution in [0.1, 0.15) is 69.8 Å². The lowest BCUT2D eigenvalue weighted by Gasteiger charge is -2.50. The predicted molar refractivity (Wildman–Crippen MR) is 90.1 cm³/mol. The smallest absolute Gasteiger partial charge is 0.105 e. The standard InChI is InChI=1S/C20H32N.HI/c1-21(19-13-7-3-8-14-19,20-15-9-4-10-16-20)17-18-11-5-2-6-12-18;/h2,5-6,11-12,19-20H,3-4,7-10,13-17H2,1H3;1H/q+1;/p-1. The Morgan fingerprint density at radius 1 is 0.773 bits per heavy atom. The Morgan fingerprint density at radius 3 is 1.68 bits per heavy atom. The van der Waals surface area contributed by atoms with Gasteiger partial charge < -0.3 is 28.5 Å². The van der Waals surface area contributed by atoms with E-state index in [4.69, 9.17) is 0 Å². The summed E-state index contributed by atoms with van der Waals surface area (Å²) in [6.45, 7) is 1.25. The van der Waals surface area contributed by atoms with Crippen molar-refractivity contribution in [3.05, 3.63) is 35.9 Å². The molecule has 0 heterocycles. The maximum Gasteiger partial charge on any atom is 0.105 e. The molecule has 1 aromatic rings. The lowest BCUT2D eigenvalue weighted by Crippen LogP contribution is -3.00. The Kier molecular flexibility index (Phi) is 7.20. The molecule has 2 aliphatic carbocycles. The van der Waals surface area contributed by atoms with Gasteiger partial charge in [0.15, 0.2) is 0 Å². The number of hydrogen-bond acceptors (Lipinski definition) is 0. The molecule has 2 fully saturated rings. The molecule has 2 saturated carbocycles. The largest absolute Gasteiger partial charge is 1.00 e. The van der Waals surface area contributed by atoms with Gasteiger partial charge in [-0.05, 0) is 51.4 Å². The molecule has 0 atom stereocenters. The number of quaternary nitrogens is 1. The van der Waals surface area contributed by atoms with Gasteiger partial charge in [-0.15, -0.1) is 0 Å². The predicted octanol–water partition coefficient (Wildman–Crippen LogP) is 2.30. The van der Waals surface area contributed by atoms with Gasteiger partial charge in [-0.25, -0.2) is 0 Å². The number of halogens is 1. The fourth-order valence-corrected chi connectivity index (χ4v) is 4.87. The zero-order valence-corrected chi connectivity index (χ0v) is 16.3. The fraction of sp³-hybridized carbons (Fsp3) is 0.700. The zero-order chi connectivity index (χ0) is 14.5. The molecule has 0 aliphatic heterocycles. The summed E-state index contributed by atoms with van der Waals surface area (Å²) in [5, 5.41) is 0. The second-order valence-corrected chi connectivity index (χ2v) is 7.57. The van der Waals surface area contributed by atoms with E-state index >= 15 is 0 Å². The second kappa shape index (κ2) is 8.68. The highest BCUT2D eigenvalue weighted by Crippen LogP contribution is 2.36. The number of hydrogen-bond donors (Lipinski definition) is 0. The highest BCUT2D eigenvalue weighted by atomic mass is 127. The van der Waals surface area contributed by atoms with Crippen LogP contribution in [0.4, 0.5) is 0 Å². The van der Waals surface area contributed by atoms with Gasteiger partial charge in [0.25, 0.3) is 0 Å². The van der Waals surface area contributed by atoms with Crippen LogP contribution in [-0.4, -0.2) is 23.6 Å². The third kappa shape index (κ3) is 4.25. The normalized spacial score (nSPS) is 21.3. The monoisotopic (exact) mass is 413 g/mol. The first-order chi connectivity index (χ1) is 10.3. The Balaban J connectivity index is 0.00000176. The van der Waals surface area contributed by atoms with Crippen molar-refractivity contribution in [1.82, 2.24) is 0 Å². The van der Waals surface area contributed by atoms with Crippen LogP contribution in [0.25, 0.3) is 0 Å². The van der Waals surface area contributed by atoms with E-state index in [0.29, 0.717) is 0 Å². The average molecular weight is 413 g/mol. The van der Waals surface area contributed by atoms with Crippen molar-refractivity contribution >= 4 is 0 Å². The van der Waals surface area contributed by atoms with E-state index in [9.17, 15) is 0 Å². The van der Waals surface area contributed by atoms with Gasteiger partial charge in [0.1, 0.15) is 6.54 Å². The summed E-state index contributed by atoms with van der Waals surface area (Å²) in [4.78, 5) is 0. The third-order valence-electron chi connectivity index (χ3n) is 6.18. The van der Waals surface area contributed by atoms with E-state index < -0.39 is 0 Å². The SMILES string of the molecule is C[N+](Cc1ccccc1)(C1CCCCC1)C1CCCCC1.[I-]. The number of nitrogens with zero attached hydrogens (tertiary/aromatic N) is 1. The van der Waals surface area contributed by atoms with E-state index in [2.05, 4.69) is 37.4 Å². The van der Waals surface area contributed by atoms with Gasteiger partial charge in [-0.2, -0.15) is 0 Å². The van der Waals surface area contributed by atoms with Crippen LogP contribution in [0, 0.1) is 0 Å². The lowest BCUT2D eigenvalue weighted by molar-refractivity contribution is -0.971. The van der Waals surface area contributed by atoms with Crippen LogP contribution in [0.3, 0.4) is 0 Å². The minimum absolute atomic E-state index is 0. The molecular weight excluding hydrogens is 381 g/mol. The molecule has 0 unspecified atom stereocenters. The second-order valence-electron chi connectivity index (χ2n) is 7.57. The third-order valence-corrected chi connectivity index (χ3v) is 6.18. The maximum absolute atomic E-state index is 2.58. The van der Waals surface area contributed by atoms with Crippen LogP contribution in [0.2, 0.25) is 0 Å². The zero-order valence-electron chi connectivity index (χ0n) is 14.1. The summed E-state index contributed by atoms with van der Waals surface area (Å²) >= 11 is 0. The van der Waals surface area contributed by atoms with Gasteiger partial charge >= 0.3 is 0 Å². The first kappa shape index (κ1) is 18.3. The van der Waals surface area contributed by atoms with Crippen molar-refractivity contribution in [1.29, 1.82) is 0 Å². The number of benzene rings is 1. The van der Waals surface area contributed by atoms with E-state index in [1.54, 1.807) is 0 Å². The molecule has 1 nitrogen and oxygen atoms in total.